The predicted octanol–water partition coefficient (Wildman–Crippen LogP) is 3.06. The Morgan fingerprint density at radius 3 is 3.03 bits per heavy atom. The molecular formula is C23H22FN3O4S. The van der Waals surface area contributed by atoms with Crippen LogP contribution in [0.25, 0.3) is 15.7 Å². The van der Waals surface area contributed by atoms with Gasteiger partial charge in [0, 0.05) is 18.7 Å². The number of pyridine rings is 1. The Morgan fingerprint density at radius 1 is 1.41 bits per heavy atom. The zero-order chi connectivity index (χ0) is 21.9. The van der Waals surface area contributed by atoms with Crippen molar-refractivity contribution in [3.8, 4) is 5.88 Å². The molecule has 2 bridgehead atoms. The quantitative estimate of drug-likeness (QED) is 0.630. The largest absolute Gasteiger partial charge is 0.477 e. The fourth-order valence-corrected chi connectivity index (χ4v) is 8.29. The van der Waals surface area contributed by atoms with E-state index in [2.05, 4.69) is 4.90 Å². The minimum atomic E-state index is -1.32. The number of nitrogens with zero attached hydrogens (tertiary/aromatic N) is 2. The molecule has 3 fully saturated rings. The third kappa shape index (κ3) is 2.09. The van der Waals surface area contributed by atoms with Crippen molar-refractivity contribution in [1.82, 2.24) is 4.40 Å². The minimum absolute atomic E-state index is 0.0944. The molecule has 9 heteroatoms. The summed E-state index contributed by atoms with van der Waals surface area (Å²) in [5.74, 6) is 0.322. The van der Waals surface area contributed by atoms with Crippen molar-refractivity contribution < 1.29 is 19.0 Å². The first kappa shape index (κ1) is 18.9. The number of ether oxygens (including phenoxy) is 1. The molecule has 4 aliphatic rings. The third-order valence-electron chi connectivity index (χ3n) is 8.67. The van der Waals surface area contributed by atoms with Crippen LogP contribution in [0.15, 0.2) is 16.2 Å². The molecule has 1 saturated heterocycles. The van der Waals surface area contributed by atoms with Gasteiger partial charge in [-0.25, -0.2) is 9.18 Å². The number of carbonyl (C=O) groups is 1. The van der Waals surface area contributed by atoms with Crippen LogP contribution in [-0.4, -0.2) is 35.1 Å². The van der Waals surface area contributed by atoms with Gasteiger partial charge >= 0.3 is 5.97 Å². The van der Waals surface area contributed by atoms with Gasteiger partial charge in [0.05, 0.1) is 22.0 Å². The van der Waals surface area contributed by atoms with Crippen LogP contribution in [0.4, 0.5) is 10.1 Å². The van der Waals surface area contributed by atoms with Crippen LogP contribution in [-0.2, 0) is 6.61 Å². The molecule has 1 aromatic carbocycles. The second kappa shape index (κ2) is 6.02. The molecule has 7 nitrogen and oxygen atoms in total. The maximum Gasteiger partial charge on any atom is 0.342 e. The van der Waals surface area contributed by atoms with E-state index >= 15 is 4.39 Å². The zero-order valence-corrected chi connectivity index (χ0v) is 18.1. The summed E-state index contributed by atoms with van der Waals surface area (Å²) in [5, 5.41) is 11.4. The number of aromatic nitrogens is 1. The molecule has 0 radical (unpaired) electrons. The Hall–Kier alpha value is -2.65. The number of fused-ring (bicyclic) bond motifs is 5. The van der Waals surface area contributed by atoms with Gasteiger partial charge in [-0.05, 0) is 55.0 Å². The summed E-state index contributed by atoms with van der Waals surface area (Å²) in [6.07, 6.45) is 3.55. The van der Waals surface area contributed by atoms with Crippen molar-refractivity contribution in [2.45, 2.75) is 25.9 Å². The monoisotopic (exact) mass is 455 g/mol. The molecule has 2 aliphatic heterocycles. The second-order valence-electron chi connectivity index (χ2n) is 9.84. The number of thiazole rings is 1. The summed E-state index contributed by atoms with van der Waals surface area (Å²) in [7, 11) is 0. The van der Waals surface area contributed by atoms with Crippen LogP contribution in [0.3, 0.4) is 0 Å². The van der Waals surface area contributed by atoms with Gasteiger partial charge in [0.1, 0.15) is 22.8 Å². The normalized spacial score (nSPS) is 29.9. The fourth-order valence-electron chi connectivity index (χ4n) is 7.32. The summed E-state index contributed by atoms with van der Waals surface area (Å²) >= 11 is 1.16. The Kier molecular flexibility index (Phi) is 3.55. The Bertz CT molecular complexity index is 1410. The Labute approximate surface area is 186 Å². The third-order valence-corrected chi connectivity index (χ3v) is 9.60. The number of nitrogens with two attached hydrogens (primary N) is 1. The highest BCUT2D eigenvalue weighted by Gasteiger charge is 2.60. The molecule has 7 rings (SSSR count). The molecule has 2 aromatic heterocycles. The van der Waals surface area contributed by atoms with E-state index in [1.165, 1.54) is 18.9 Å². The highest BCUT2D eigenvalue weighted by molar-refractivity contribution is 7.16. The molecule has 166 valence electrons. The van der Waals surface area contributed by atoms with Gasteiger partial charge in [-0.2, -0.15) is 0 Å². The topological polar surface area (TPSA) is 97.3 Å². The smallest absolute Gasteiger partial charge is 0.342 e. The van der Waals surface area contributed by atoms with E-state index < -0.39 is 17.2 Å². The summed E-state index contributed by atoms with van der Waals surface area (Å²) < 4.78 is 23.2. The van der Waals surface area contributed by atoms with E-state index in [1.54, 1.807) is 9.78 Å². The number of carboxylic acids is 1. The Balaban J connectivity index is 1.46. The molecule has 0 amide bonds. The van der Waals surface area contributed by atoms with E-state index in [9.17, 15) is 14.7 Å². The standard InChI is InChI=1S/C23H22FN3O4S/c24-15-3-11-18-13(7-31-16-8-32-21(27(16)18)17(20(11)28)22(29)30)19(15)26-5-12-10-1-2-23(4-10,9-25)14(12)6-26/h3,8,10,12,14H,1-2,4-7,9,25H2,(H,29,30). The van der Waals surface area contributed by atoms with Gasteiger partial charge in [0.2, 0.25) is 11.3 Å². The number of halogens is 1. The average molecular weight is 456 g/mol. The molecule has 2 saturated carbocycles. The van der Waals surface area contributed by atoms with Crippen LogP contribution < -0.4 is 20.8 Å². The number of anilines is 1. The molecule has 2 aliphatic carbocycles. The first-order valence-corrected chi connectivity index (χ1v) is 11.9. The molecule has 4 atom stereocenters. The minimum Gasteiger partial charge on any atom is -0.477 e. The summed E-state index contributed by atoms with van der Waals surface area (Å²) in [6, 6.07) is 1.23. The highest BCUT2D eigenvalue weighted by Crippen LogP contribution is 2.63. The maximum absolute atomic E-state index is 15.6. The maximum atomic E-state index is 15.6. The number of aromatic carboxylic acids is 1. The molecule has 32 heavy (non-hydrogen) atoms. The average Bonchev–Trinajstić information content (AvgIpc) is 3.53. The molecule has 4 unspecified atom stereocenters. The number of rotatable bonds is 3. The number of carboxylic acid groups (broad SMARTS) is 1. The molecule has 4 heterocycles. The van der Waals surface area contributed by atoms with E-state index in [-0.39, 0.29) is 23.0 Å². The first-order chi connectivity index (χ1) is 15.4. The lowest BCUT2D eigenvalue weighted by Crippen LogP contribution is -2.37. The van der Waals surface area contributed by atoms with E-state index in [4.69, 9.17) is 10.5 Å². The van der Waals surface area contributed by atoms with Gasteiger partial charge in [0.15, 0.2) is 0 Å². The molecule has 3 aromatic rings. The predicted molar refractivity (Wildman–Crippen MR) is 118 cm³/mol. The van der Waals surface area contributed by atoms with E-state index in [0.29, 0.717) is 51.8 Å². The molecule has 3 N–H and O–H groups in total. The van der Waals surface area contributed by atoms with Gasteiger partial charge in [-0.1, -0.05) is 0 Å². The summed E-state index contributed by atoms with van der Waals surface area (Å²) in [6.45, 7) is 2.38. The number of benzene rings is 1. The Morgan fingerprint density at radius 2 is 2.25 bits per heavy atom. The number of hydrogen-bond donors (Lipinski definition) is 2. The van der Waals surface area contributed by atoms with E-state index in [1.807, 2.05) is 0 Å². The van der Waals surface area contributed by atoms with Crippen LogP contribution >= 0.6 is 11.3 Å². The number of hydrogen-bond acceptors (Lipinski definition) is 6. The summed E-state index contributed by atoms with van der Waals surface area (Å²) in [5.41, 5.74) is 7.10. The van der Waals surface area contributed by atoms with Gasteiger partial charge in [0.25, 0.3) is 0 Å². The SMILES string of the molecule is NCC12CCC(C1)C1CN(c3c(F)cc4c(=O)c(C(=O)O)c5scc6n5c4c3CO6)CC12. The zero-order valence-electron chi connectivity index (χ0n) is 17.3. The lowest BCUT2D eigenvalue weighted by molar-refractivity contribution is 0.0697. The van der Waals surface area contributed by atoms with Crippen molar-refractivity contribution in [3.05, 3.63) is 38.6 Å². The fraction of sp³-hybridized carbons (Fsp3) is 0.478. The second-order valence-corrected chi connectivity index (χ2v) is 10.7. The lowest BCUT2D eigenvalue weighted by atomic mass is 9.72. The van der Waals surface area contributed by atoms with Gasteiger partial charge in [-0.3, -0.25) is 9.20 Å². The lowest BCUT2D eigenvalue weighted by Gasteiger charge is -2.34. The van der Waals surface area contributed by atoms with Crippen LogP contribution in [0.2, 0.25) is 0 Å². The van der Waals surface area contributed by atoms with Gasteiger partial charge < -0.3 is 20.5 Å². The first-order valence-electron chi connectivity index (χ1n) is 11.1. The van der Waals surface area contributed by atoms with Crippen LogP contribution in [0.5, 0.6) is 5.88 Å². The van der Waals surface area contributed by atoms with Crippen molar-refractivity contribution in [3.63, 3.8) is 0 Å². The summed E-state index contributed by atoms with van der Waals surface area (Å²) in [4.78, 5) is 27.3. The van der Waals surface area contributed by atoms with Crippen molar-refractivity contribution in [2.75, 3.05) is 24.5 Å². The van der Waals surface area contributed by atoms with Crippen molar-refractivity contribution >= 4 is 38.7 Å². The molecular weight excluding hydrogens is 433 g/mol. The van der Waals surface area contributed by atoms with Crippen molar-refractivity contribution in [2.24, 2.45) is 28.9 Å². The van der Waals surface area contributed by atoms with Crippen molar-refractivity contribution in [1.29, 1.82) is 0 Å². The highest BCUT2D eigenvalue weighted by atomic mass is 32.1. The van der Waals surface area contributed by atoms with E-state index in [0.717, 1.165) is 30.8 Å². The van der Waals surface area contributed by atoms with Crippen LogP contribution in [0, 0.1) is 29.0 Å². The molecule has 0 spiro atoms. The van der Waals surface area contributed by atoms with Gasteiger partial charge in [-0.15, -0.1) is 11.3 Å². The van der Waals surface area contributed by atoms with Crippen LogP contribution in [0.1, 0.15) is 35.2 Å².